The molecule has 2 aliphatic heterocycles. The van der Waals surface area contributed by atoms with E-state index >= 15 is 0 Å². The van der Waals surface area contributed by atoms with Gasteiger partial charge in [0.05, 0.1) is 25.3 Å². The molecule has 66 valence electrons. The quantitative estimate of drug-likeness (QED) is 0.439. The molecule has 0 aromatic carbocycles. The van der Waals surface area contributed by atoms with Gasteiger partial charge in [0.1, 0.15) is 6.29 Å². The first-order chi connectivity index (χ1) is 5.92. The number of rotatable bonds is 3. The molecule has 0 spiro atoms. The van der Waals surface area contributed by atoms with Crippen molar-refractivity contribution < 1.29 is 9.53 Å². The summed E-state index contributed by atoms with van der Waals surface area (Å²) in [5.41, 5.74) is 0. The van der Waals surface area contributed by atoms with Crippen LogP contribution in [-0.2, 0) is 9.53 Å². The average molecular weight is 167 g/mol. The second kappa shape index (κ2) is 2.30. The number of carbonyl (C=O) groups excluding carboxylic acids is 1. The van der Waals surface area contributed by atoms with E-state index in [0.717, 1.165) is 25.4 Å². The van der Waals surface area contributed by atoms with Crippen molar-refractivity contribution in [2.45, 2.75) is 31.0 Å². The number of hydrogen-bond acceptors (Lipinski definition) is 3. The fourth-order valence-electron chi connectivity index (χ4n) is 2.28. The molecule has 1 saturated carbocycles. The van der Waals surface area contributed by atoms with E-state index in [1.165, 1.54) is 12.8 Å². The van der Waals surface area contributed by atoms with Crippen molar-refractivity contribution in [2.24, 2.45) is 5.92 Å². The second-order valence-corrected chi connectivity index (χ2v) is 4.09. The molecule has 3 rings (SSSR count). The number of aldehydes is 1. The molecule has 0 aromatic rings. The lowest BCUT2D eigenvalue weighted by atomic mass is 10.2. The fourth-order valence-corrected chi connectivity index (χ4v) is 2.28. The topological polar surface area (TPSA) is 29.3 Å². The molecule has 0 N–H and O–H groups in total. The number of nitrogens with zero attached hydrogens (tertiary/aromatic N) is 1. The van der Waals surface area contributed by atoms with Gasteiger partial charge < -0.3 is 9.53 Å². The lowest BCUT2D eigenvalue weighted by molar-refractivity contribution is -0.109. The van der Waals surface area contributed by atoms with Crippen molar-refractivity contribution in [3.63, 3.8) is 0 Å². The molecular weight excluding hydrogens is 154 g/mol. The monoisotopic (exact) mass is 167 g/mol. The highest BCUT2D eigenvalue weighted by Gasteiger charge is 2.58. The van der Waals surface area contributed by atoms with Crippen molar-refractivity contribution in [3.8, 4) is 0 Å². The summed E-state index contributed by atoms with van der Waals surface area (Å²) in [6.07, 6.45) is 3.78. The lowest BCUT2D eigenvalue weighted by Crippen LogP contribution is -2.41. The molecule has 0 bridgehead atoms. The maximum atomic E-state index is 10.7. The Labute approximate surface area is 71.7 Å². The molecule has 12 heavy (non-hydrogen) atoms. The molecule has 0 amide bonds. The molecule has 3 atom stereocenters. The molecule has 0 radical (unpaired) electrons. The number of hydrogen-bond donors (Lipinski definition) is 0. The van der Waals surface area contributed by atoms with Gasteiger partial charge in [-0.25, -0.2) is 0 Å². The van der Waals surface area contributed by atoms with Gasteiger partial charge in [-0.05, 0) is 18.8 Å². The molecule has 0 aromatic heterocycles. The highest BCUT2D eigenvalue weighted by Crippen LogP contribution is 2.47. The van der Waals surface area contributed by atoms with Crippen molar-refractivity contribution in [3.05, 3.63) is 0 Å². The zero-order chi connectivity index (χ0) is 8.13. The third-order valence-corrected chi connectivity index (χ3v) is 3.24. The van der Waals surface area contributed by atoms with Gasteiger partial charge in [0.25, 0.3) is 0 Å². The van der Waals surface area contributed by atoms with Crippen molar-refractivity contribution in [1.29, 1.82) is 0 Å². The zero-order valence-electron chi connectivity index (χ0n) is 6.98. The van der Waals surface area contributed by atoms with Crippen LogP contribution in [0.2, 0.25) is 0 Å². The van der Waals surface area contributed by atoms with E-state index in [1.807, 2.05) is 0 Å². The van der Waals surface area contributed by atoms with Gasteiger partial charge in [-0.3, -0.25) is 4.90 Å². The Hall–Kier alpha value is -0.410. The SMILES string of the molecule is O=C[C@H]1[C@@H](C2CC2)N1C1COC1. The Morgan fingerprint density at radius 2 is 2.08 bits per heavy atom. The van der Waals surface area contributed by atoms with Crippen LogP contribution in [0.3, 0.4) is 0 Å². The lowest BCUT2D eigenvalue weighted by Gasteiger charge is -2.28. The van der Waals surface area contributed by atoms with E-state index in [9.17, 15) is 4.79 Å². The molecule has 2 heterocycles. The summed E-state index contributed by atoms with van der Waals surface area (Å²) < 4.78 is 5.12. The predicted octanol–water partition coefficient (Wildman–Crippen LogP) is 0.0469. The van der Waals surface area contributed by atoms with E-state index in [-0.39, 0.29) is 6.04 Å². The van der Waals surface area contributed by atoms with E-state index in [0.29, 0.717) is 12.1 Å². The summed E-state index contributed by atoms with van der Waals surface area (Å²) in [5.74, 6) is 0.834. The van der Waals surface area contributed by atoms with Gasteiger partial charge in [0.15, 0.2) is 0 Å². The van der Waals surface area contributed by atoms with Gasteiger partial charge >= 0.3 is 0 Å². The maximum Gasteiger partial charge on any atom is 0.138 e. The maximum absolute atomic E-state index is 10.7. The molecule has 1 unspecified atom stereocenters. The van der Waals surface area contributed by atoms with Crippen LogP contribution in [0.25, 0.3) is 0 Å². The van der Waals surface area contributed by atoms with E-state index in [4.69, 9.17) is 4.74 Å². The highest BCUT2D eigenvalue weighted by molar-refractivity contribution is 5.64. The van der Waals surface area contributed by atoms with Gasteiger partial charge in [0.2, 0.25) is 0 Å². The Kier molecular flexibility index (Phi) is 1.35. The highest BCUT2D eigenvalue weighted by atomic mass is 16.5. The van der Waals surface area contributed by atoms with Gasteiger partial charge in [0, 0.05) is 6.04 Å². The molecule has 3 aliphatic rings. The smallest absolute Gasteiger partial charge is 0.138 e. The predicted molar refractivity (Wildman–Crippen MR) is 42.8 cm³/mol. The summed E-state index contributed by atoms with van der Waals surface area (Å²) in [6.45, 7) is 1.68. The average Bonchev–Trinajstić information content (AvgIpc) is 2.74. The molecule has 3 fully saturated rings. The molecule has 1 aliphatic carbocycles. The van der Waals surface area contributed by atoms with Crippen LogP contribution in [0.5, 0.6) is 0 Å². The van der Waals surface area contributed by atoms with Crippen LogP contribution >= 0.6 is 0 Å². The van der Waals surface area contributed by atoms with Crippen molar-refractivity contribution in [2.75, 3.05) is 13.2 Å². The normalized spacial score (nSPS) is 46.8. The van der Waals surface area contributed by atoms with E-state index in [2.05, 4.69) is 4.90 Å². The minimum Gasteiger partial charge on any atom is -0.378 e. The second-order valence-electron chi connectivity index (χ2n) is 4.09. The molecule has 3 nitrogen and oxygen atoms in total. The number of carbonyl (C=O) groups is 1. The Morgan fingerprint density at radius 3 is 2.50 bits per heavy atom. The van der Waals surface area contributed by atoms with Crippen LogP contribution in [0.4, 0.5) is 0 Å². The zero-order valence-corrected chi connectivity index (χ0v) is 6.98. The standard InChI is InChI=1S/C9H13NO2/c11-3-8-9(6-1-2-6)10(8)7-4-12-5-7/h3,6-9H,1-2,4-5H2/t8-,9+,10?/m0/s1. The molecule has 2 saturated heterocycles. The van der Waals surface area contributed by atoms with Gasteiger partial charge in [-0.2, -0.15) is 0 Å². The summed E-state index contributed by atoms with van der Waals surface area (Å²) >= 11 is 0. The first kappa shape index (κ1) is 7.04. The summed E-state index contributed by atoms with van der Waals surface area (Å²) in [5, 5.41) is 0. The van der Waals surface area contributed by atoms with Crippen LogP contribution in [0.1, 0.15) is 12.8 Å². The largest absolute Gasteiger partial charge is 0.378 e. The van der Waals surface area contributed by atoms with Crippen LogP contribution < -0.4 is 0 Å². The Morgan fingerprint density at radius 1 is 1.33 bits per heavy atom. The Bertz CT molecular complexity index is 211. The van der Waals surface area contributed by atoms with E-state index in [1.54, 1.807) is 0 Å². The van der Waals surface area contributed by atoms with Crippen molar-refractivity contribution >= 4 is 6.29 Å². The minimum atomic E-state index is 0.242. The third-order valence-electron chi connectivity index (χ3n) is 3.24. The summed E-state index contributed by atoms with van der Waals surface area (Å²) in [4.78, 5) is 13.0. The van der Waals surface area contributed by atoms with Crippen LogP contribution in [0.15, 0.2) is 0 Å². The first-order valence-corrected chi connectivity index (χ1v) is 4.72. The minimum absolute atomic E-state index is 0.242. The summed E-state index contributed by atoms with van der Waals surface area (Å²) in [7, 11) is 0. The van der Waals surface area contributed by atoms with Gasteiger partial charge in [-0.15, -0.1) is 0 Å². The fraction of sp³-hybridized carbons (Fsp3) is 0.889. The van der Waals surface area contributed by atoms with Crippen LogP contribution in [-0.4, -0.2) is 42.5 Å². The van der Waals surface area contributed by atoms with Crippen molar-refractivity contribution in [1.82, 2.24) is 4.90 Å². The number of ether oxygens (including phenoxy) is 1. The summed E-state index contributed by atoms with van der Waals surface area (Å²) in [6, 6.07) is 1.40. The third kappa shape index (κ3) is 0.866. The van der Waals surface area contributed by atoms with E-state index < -0.39 is 0 Å². The Balaban J connectivity index is 1.66. The molecule has 3 heteroatoms. The first-order valence-electron chi connectivity index (χ1n) is 4.72. The van der Waals surface area contributed by atoms with Crippen LogP contribution in [0, 0.1) is 5.92 Å². The van der Waals surface area contributed by atoms with Gasteiger partial charge in [-0.1, -0.05) is 0 Å². The molecular formula is C9H13NO2.